The molecule has 88 valence electrons. The first-order valence-electron chi connectivity index (χ1n) is 4.79. The van der Waals surface area contributed by atoms with Gasteiger partial charge in [-0.2, -0.15) is 0 Å². The molecule has 0 saturated heterocycles. The molecular formula is C11H10N2O3S. The molecule has 0 fully saturated rings. The molecular weight excluding hydrogens is 240 g/mol. The van der Waals surface area contributed by atoms with E-state index in [9.17, 15) is 4.79 Å². The van der Waals surface area contributed by atoms with Gasteiger partial charge in [0, 0.05) is 6.20 Å². The maximum atomic E-state index is 10.9. The minimum atomic E-state index is -1.06. The Labute approximate surface area is 102 Å². The van der Waals surface area contributed by atoms with E-state index in [1.807, 2.05) is 6.92 Å². The van der Waals surface area contributed by atoms with Crippen molar-refractivity contribution in [3.63, 3.8) is 0 Å². The Hall–Kier alpha value is -1.95. The van der Waals surface area contributed by atoms with Gasteiger partial charge in [-0.25, -0.2) is 9.78 Å². The Balaban J connectivity index is 2.37. The lowest BCUT2D eigenvalue weighted by atomic mass is 10.2. The van der Waals surface area contributed by atoms with Gasteiger partial charge in [0.05, 0.1) is 22.4 Å². The van der Waals surface area contributed by atoms with Crippen molar-refractivity contribution in [2.45, 2.75) is 16.8 Å². The number of hydrogen-bond acceptors (Lipinski definition) is 5. The minimum Gasteiger partial charge on any atom is -0.478 e. The zero-order valence-electron chi connectivity index (χ0n) is 9.01. The standard InChI is InChI=1S/C11H10N2O3S/c1-6-8(3-5-16-6)17-10-9(12)7(11(14)15)2-4-13-10/h2-5H,12H2,1H3,(H,14,15). The Morgan fingerprint density at radius 1 is 1.53 bits per heavy atom. The monoisotopic (exact) mass is 250 g/mol. The largest absolute Gasteiger partial charge is 0.478 e. The van der Waals surface area contributed by atoms with E-state index in [1.54, 1.807) is 12.3 Å². The van der Waals surface area contributed by atoms with Crippen molar-refractivity contribution < 1.29 is 14.3 Å². The van der Waals surface area contributed by atoms with Crippen LogP contribution in [-0.4, -0.2) is 16.1 Å². The van der Waals surface area contributed by atoms with E-state index < -0.39 is 5.97 Å². The normalized spacial score (nSPS) is 10.4. The van der Waals surface area contributed by atoms with E-state index in [-0.39, 0.29) is 11.3 Å². The van der Waals surface area contributed by atoms with Gasteiger partial charge in [-0.1, -0.05) is 11.8 Å². The zero-order chi connectivity index (χ0) is 12.4. The highest BCUT2D eigenvalue weighted by molar-refractivity contribution is 7.99. The quantitative estimate of drug-likeness (QED) is 0.869. The summed E-state index contributed by atoms with van der Waals surface area (Å²) in [6.07, 6.45) is 2.99. The molecule has 0 unspecified atom stereocenters. The number of aromatic nitrogens is 1. The number of nitrogens with two attached hydrogens (primary N) is 1. The van der Waals surface area contributed by atoms with Gasteiger partial charge in [-0.3, -0.25) is 0 Å². The Morgan fingerprint density at radius 3 is 2.88 bits per heavy atom. The Kier molecular flexibility index (Phi) is 3.06. The first-order chi connectivity index (χ1) is 8.09. The second-order valence-corrected chi connectivity index (χ2v) is 4.36. The number of rotatable bonds is 3. The highest BCUT2D eigenvalue weighted by Crippen LogP contribution is 2.34. The molecule has 0 radical (unpaired) electrons. The fourth-order valence-corrected chi connectivity index (χ4v) is 2.16. The molecule has 0 aromatic carbocycles. The van der Waals surface area contributed by atoms with Crippen molar-refractivity contribution >= 4 is 23.4 Å². The fourth-order valence-electron chi connectivity index (χ4n) is 1.31. The van der Waals surface area contributed by atoms with Crippen molar-refractivity contribution in [1.29, 1.82) is 0 Å². The predicted octanol–water partition coefficient (Wildman–Crippen LogP) is 2.41. The van der Waals surface area contributed by atoms with Gasteiger partial charge in [-0.05, 0) is 19.1 Å². The van der Waals surface area contributed by atoms with E-state index in [1.165, 1.54) is 24.0 Å². The first kappa shape index (κ1) is 11.5. The number of furan rings is 1. The molecule has 0 spiro atoms. The van der Waals surface area contributed by atoms with Crippen LogP contribution in [0, 0.1) is 6.92 Å². The molecule has 2 heterocycles. The van der Waals surface area contributed by atoms with E-state index in [0.29, 0.717) is 5.03 Å². The van der Waals surface area contributed by atoms with Crippen LogP contribution in [0.4, 0.5) is 5.69 Å². The number of nitrogen functional groups attached to an aromatic ring is 1. The van der Waals surface area contributed by atoms with Crippen LogP contribution < -0.4 is 5.73 Å². The van der Waals surface area contributed by atoms with Crippen LogP contribution in [0.2, 0.25) is 0 Å². The molecule has 5 nitrogen and oxygen atoms in total. The number of pyridine rings is 1. The highest BCUT2D eigenvalue weighted by atomic mass is 32.2. The second kappa shape index (κ2) is 4.50. The molecule has 0 aliphatic carbocycles. The van der Waals surface area contributed by atoms with Crippen molar-refractivity contribution in [3.8, 4) is 0 Å². The maximum Gasteiger partial charge on any atom is 0.337 e. The number of anilines is 1. The van der Waals surface area contributed by atoms with Gasteiger partial charge in [0.1, 0.15) is 10.8 Å². The third-order valence-corrected chi connectivity index (χ3v) is 3.36. The molecule has 0 saturated carbocycles. The van der Waals surface area contributed by atoms with Crippen LogP contribution in [-0.2, 0) is 0 Å². The van der Waals surface area contributed by atoms with Gasteiger partial charge in [0.25, 0.3) is 0 Å². The molecule has 17 heavy (non-hydrogen) atoms. The molecule has 2 aromatic heterocycles. The van der Waals surface area contributed by atoms with Crippen molar-refractivity contribution in [3.05, 3.63) is 35.9 Å². The lowest BCUT2D eigenvalue weighted by molar-refractivity contribution is 0.0697. The lowest BCUT2D eigenvalue weighted by Gasteiger charge is -2.05. The summed E-state index contributed by atoms with van der Waals surface area (Å²) in [6, 6.07) is 3.17. The lowest BCUT2D eigenvalue weighted by Crippen LogP contribution is -2.04. The minimum absolute atomic E-state index is 0.0589. The molecule has 2 aromatic rings. The molecule has 3 N–H and O–H groups in total. The summed E-state index contributed by atoms with van der Waals surface area (Å²) >= 11 is 1.29. The van der Waals surface area contributed by atoms with Crippen molar-refractivity contribution in [1.82, 2.24) is 4.98 Å². The molecule has 0 atom stereocenters. The van der Waals surface area contributed by atoms with Gasteiger partial charge in [-0.15, -0.1) is 0 Å². The Morgan fingerprint density at radius 2 is 2.29 bits per heavy atom. The summed E-state index contributed by atoms with van der Waals surface area (Å²) in [6.45, 7) is 1.82. The molecule has 0 aliphatic rings. The summed E-state index contributed by atoms with van der Waals surface area (Å²) < 4.78 is 5.15. The van der Waals surface area contributed by atoms with Gasteiger partial charge in [0.15, 0.2) is 0 Å². The molecule has 0 bridgehead atoms. The third kappa shape index (κ3) is 2.26. The van der Waals surface area contributed by atoms with E-state index >= 15 is 0 Å². The van der Waals surface area contributed by atoms with Crippen LogP contribution in [0.5, 0.6) is 0 Å². The number of carboxylic acid groups (broad SMARTS) is 1. The van der Waals surface area contributed by atoms with Crippen LogP contribution in [0.15, 0.2) is 38.9 Å². The van der Waals surface area contributed by atoms with E-state index in [0.717, 1.165) is 10.7 Å². The SMILES string of the molecule is Cc1occc1Sc1nccc(C(=O)O)c1N. The molecule has 0 amide bonds. The van der Waals surface area contributed by atoms with Crippen LogP contribution in [0.3, 0.4) is 0 Å². The average Bonchev–Trinajstić information content (AvgIpc) is 2.67. The second-order valence-electron chi connectivity index (χ2n) is 3.33. The van der Waals surface area contributed by atoms with E-state index in [4.69, 9.17) is 15.3 Å². The summed E-state index contributed by atoms with van der Waals surface area (Å²) in [5, 5.41) is 9.40. The van der Waals surface area contributed by atoms with Gasteiger partial charge < -0.3 is 15.3 Å². The van der Waals surface area contributed by atoms with Gasteiger partial charge >= 0.3 is 5.97 Å². The third-order valence-electron chi connectivity index (χ3n) is 2.20. The number of carboxylic acids is 1. The average molecular weight is 250 g/mol. The number of nitrogens with zero attached hydrogens (tertiary/aromatic N) is 1. The first-order valence-corrected chi connectivity index (χ1v) is 5.61. The number of aromatic carboxylic acids is 1. The molecule has 6 heteroatoms. The fraction of sp³-hybridized carbons (Fsp3) is 0.0909. The predicted molar refractivity (Wildman–Crippen MR) is 63.2 cm³/mol. The number of aryl methyl sites for hydroxylation is 1. The topological polar surface area (TPSA) is 89.3 Å². The van der Waals surface area contributed by atoms with E-state index in [2.05, 4.69) is 4.98 Å². The number of carbonyl (C=O) groups is 1. The van der Waals surface area contributed by atoms with Crippen LogP contribution in [0.1, 0.15) is 16.1 Å². The number of hydrogen-bond donors (Lipinski definition) is 2. The van der Waals surface area contributed by atoms with Gasteiger partial charge in [0.2, 0.25) is 0 Å². The summed E-state index contributed by atoms with van der Waals surface area (Å²) in [7, 11) is 0. The van der Waals surface area contributed by atoms with Crippen LogP contribution in [0.25, 0.3) is 0 Å². The van der Waals surface area contributed by atoms with Crippen LogP contribution >= 0.6 is 11.8 Å². The molecule has 0 aliphatic heterocycles. The zero-order valence-corrected chi connectivity index (χ0v) is 9.82. The van der Waals surface area contributed by atoms with Crippen molar-refractivity contribution in [2.24, 2.45) is 0 Å². The maximum absolute atomic E-state index is 10.9. The summed E-state index contributed by atoms with van der Waals surface area (Å²) in [5.41, 5.74) is 5.99. The highest BCUT2D eigenvalue weighted by Gasteiger charge is 2.14. The van der Waals surface area contributed by atoms with Crippen molar-refractivity contribution in [2.75, 3.05) is 5.73 Å². The smallest absolute Gasteiger partial charge is 0.337 e. The molecule has 2 rings (SSSR count). The summed E-state index contributed by atoms with van der Waals surface area (Å²) in [5.74, 6) is -0.312. The summed E-state index contributed by atoms with van der Waals surface area (Å²) in [4.78, 5) is 15.8. The Bertz CT molecular complexity index is 566.